The highest BCUT2D eigenvalue weighted by molar-refractivity contribution is 5.82. The molecule has 1 aliphatic carbocycles. The molecule has 5 atom stereocenters. The number of carboxylic acid groups (broad SMARTS) is 1. The summed E-state index contributed by atoms with van der Waals surface area (Å²) in [5.41, 5.74) is 1.70. The number of hydrogen-bond donors (Lipinski definition) is 1. The van der Waals surface area contributed by atoms with Gasteiger partial charge in [0.1, 0.15) is 12.2 Å². The van der Waals surface area contributed by atoms with E-state index in [0.717, 1.165) is 49.6 Å². The summed E-state index contributed by atoms with van der Waals surface area (Å²) in [6, 6.07) is 8.59. The molecule has 230 valence electrons. The van der Waals surface area contributed by atoms with Crippen LogP contribution in [-0.4, -0.2) is 74.2 Å². The fraction of sp³-hybridized carbons (Fsp3) is 0.697. The Labute approximate surface area is 249 Å². The van der Waals surface area contributed by atoms with Gasteiger partial charge < -0.3 is 19.3 Å². The number of carboxylic acids is 1. The van der Waals surface area contributed by atoms with Crippen LogP contribution in [-0.2, 0) is 14.3 Å². The number of para-hydroxylation sites is 2. The zero-order valence-electron chi connectivity index (χ0n) is 24.2. The summed E-state index contributed by atoms with van der Waals surface area (Å²) in [6.07, 6.45) is 14.4. The van der Waals surface area contributed by atoms with E-state index in [1.807, 2.05) is 35.9 Å². The first-order valence-electron chi connectivity index (χ1n) is 15.8. The second kappa shape index (κ2) is 13.2. The largest absolute Gasteiger partial charge is 0.480 e. The van der Waals surface area contributed by atoms with Crippen LogP contribution in [0.2, 0.25) is 0 Å². The molecule has 9 nitrogen and oxygen atoms in total. The topological polar surface area (TPSA) is 105 Å². The predicted octanol–water partition coefficient (Wildman–Crippen LogP) is 5.47. The van der Waals surface area contributed by atoms with E-state index < -0.39 is 18.6 Å². The molecule has 2 aromatic rings. The average Bonchev–Trinajstić information content (AvgIpc) is 2.93. The Morgan fingerprint density at radius 1 is 0.905 bits per heavy atom. The Morgan fingerprint density at radius 3 is 2.33 bits per heavy atom. The molecule has 1 N–H and O–H groups in total. The Balaban J connectivity index is 0.00000353. The number of aromatic nitrogens is 2. The lowest BCUT2D eigenvalue weighted by atomic mass is 9.78. The zero-order chi connectivity index (χ0) is 28.5. The molecule has 9 heteroatoms. The molecule has 2 bridgehead atoms. The smallest absolute Gasteiger partial charge is 0.323 e. The van der Waals surface area contributed by atoms with Gasteiger partial charge in [-0.25, -0.2) is 4.98 Å². The molecule has 1 saturated carbocycles. The number of hydrogen-bond acceptors (Lipinski definition) is 6. The molecule has 4 aliphatic rings. The number of carbonyl (C=O) groups is 2. The van der Waals surface area contributed by atoms with Gasteiger partial charge in [-0.2, -0.15) is 0 Å². The highest BCUT2D eigenvalue weighted by Gasteiger charge is 2.44. The SMILES string of the molecule is C.COC1CCCCC[C@H](N2C3CCCC2CC(n2c(=O)c(C4CCCC(=O)N4CC(=O)O)nc4ccccc42)C3)C1. The number of ether oxygens (including phenoxy) is 1. The highest BCUT2D eigenvalue weighted by atomic mass is 16.5. The van der Waals surface area contributed by atoms with E-state index >= 15 is 0 Å². The normalized spacial score (nSPS) is 30.8. The molecule has 1 aromatic heterocycles. The van der Waals surface area contributed by atoms with Crippen molar-refractivity contribution in [1.82, 2.24) is 19.4 Å². The van der Waals surface area contributed by atoms with Crippen molar-refractivity contribution >= 4 is 22.9 Å². The van der Waals surface area contributed by atoms with Crippen molar-refractivity contribution in [2.45, 2.75) is 134 Å². The van der Waals surface area contributed by atoms with Gasteiger partial charge in [0.05, 0.1) is 23.2 Å². The molecular formula is C33H48N4O5. The van der Waals surface area contributed by atoms with Crippen molar-refractivity contribution < 1.29 is 19.4 Å². The van der Waals surface area contributed by atoms with Crippen LogP contribution in [0.5, 0.6) is 0 Å². The first kappa shape index (κ1) is 30.7. The van der Waals surface area contributed by atoms with Crippen molar-refractivity contribution in [2.24, 2.45) is 0 Å². The number of rotatable bonds is 6. The fourth-order valence-corrected chi connectivity index (χ4v) is 8.45. The zero-order valence-corrected chi connectivity index (χ0v) is 24.2. The second-order valence-electron chi connectivity index (χ2n) is 12.7. The molecule has 4 heterocycles. The first-order chi connectivity index (χ1) is 19.9. The Bertz CT molecular complexity index is 1310. The summed E-state index contributed by atoms with van der Waals surface area (Å²) in [5, 5.41) is 9.53. The maximum atomic E-state index is 14.4. The van der Waals surface area contributed by atoms with E-state index in [-0.39, 0.29) is 24.9 Å². The first-order valence-corrected chi connectivity index (χ1v) is 15.8. The number of carbonyl (C=O) groups excluding carboxylic acids is 1. The third-order valence-electron chi connectivity index (χ3n) is 10.2. The minimum atomic E-state index is -1.07. The van der Waals surface area contributed by atoms with Crippen LogP contribution in [0.3, 0.4) is 0 Å². The predicted molar refractivity (Wildman–Crippen MR) is 162 cm³/mol. The molecule has 0 radical (unpaired) electrons. The minimum absolute atomic E-state index is 0. The lowest BCUT2D eigenvalue weighted by molar-refractivity contribution is -0.148. The van der Waals surface area contributed by atoms with E-state index in [1.165, 1.54) is 37.0 Å². The number of methoxy groups -OCH3 is 1. The standard InChI is InChI=1S/C32H44N4O5.CH4/c1-41-25-12-4-2-3-9-23(19-25)35-21-10-7-11-22(35)18-24(17-21)36-27-14-6-5-13-26(27)33-31(32(36)40)28-15-8-16-29(37)34(28)20-30(38)39;/h5-6,13-14,21-25,28H,2-4,7-12,15-20H2,1H3,(H,38,39);1H4/t21?,22?,23-,24?,25?,28?;/m0./s1. The summed E-state index contributed by atoms with van der Waals surface area (Å²) >= 11 is 0. The van der Waals surface area contributed by atoms with Crippen LogP contribution >= 0.6 is 0 Å². The van der Waals surface area contributed by atoms with E-state index in [9.17, 15) is 19.5 Å². The van der Waals surface area contributed by atoms with Crippen molar-refractivity contribution in [1.29, 1.82) is 0 Å². The van der Waals surface area contributed by atoms with Crippen LogP contribution in [0.4, 0.5) is 0 Å². The number of amides is 1. The quantitative estimate of drug-likeness (QED) is 0.483. The van der Waals surface area contributed by atoms with E-state index in [1.54, 1.807) is 0 Å². The van der Waals surface area contributed by atoms with Gasteiger partial charge in [-0.15, -0.1) is 0 Å². The molecule has 1 amide bonds. The summed E-state index contributed by atoms with van der Waals surface area (Å²) in [5.74, 6) is -1.29. The number of likely N-dealkylation sites (tertiary alicyclic amines) is 1. The van der Waals surface area contributed by atoms with Gasteiger partial charge in [0.15, 0.2) is 0 Å². The van der Waals surface area contributed by atoms with Gasteiger partial charge >= 0.3 is 5.97 Å². The summed E-state index contributed by atoms with van der Waals surface area (Å²) < 4.78 is 7.86. The number of fused-ring (bicyclic) bond motifs is 3. The van der Waals surface area contributed by atoms with Gasteiger partial charge in [-0.1, -0.05) is 45.2 Å². The maximum absolute atomic E-state index is 14.4. The Morgan fingerprint density at radius 2 is 1.60 bits per heavy atom. The molecule has 3 aliphatic heterocycles. The van der Waals surface area contributed by atoms with Gasteiger partial charge in [0.2, 0.25) is 5.91 Å². The molecule has 4 fully saturated rings. The van der Waals surface area contributed by atoms with Crippen molar-refractivity contribution in [2.75, 3.05) is 13.7 Å². The monoisotopic (exact) mass is 580 g/mol. The molecule has 42 heavy (non-hydrogen) atoms. The number of aliphatic carboxylic acids is 1. The molecule has 3 saturated heterocycles. The maximum Gasteiger partial charge on any atom is 0.323 e. The van der Waals surface area contributed by atoms with Crippen molar-refractivity contribution in [3.8, 4) is 0 Å². The van der Waals surface area contributed by atoms with Gasteiger partial charge in [0.25, 0.3) is 5.56 Å². The van der Waals surface area contributed by atoms with E-state index in [0.29, 0.717) is 49.2 Å². The van der Waals surface area contributed by atoms with E-state index in [2.05, 4.69) is 4.90 Å². The Kier molecular flexibility index (Phi) is 9.67. The van der Waals surface area contributed by atoms with Crippen molar-refractivity contribution in [3.63, 3.8) is 0 Å². The fourth-order valence-electron chi connectivity index (χ4n) is 8.45. The number of benzene rings is 1. The second-order valence-corrected chi connectivity index (χ2v) is 12.7. The number of piperidine rings is 3. The van der Waals surface area contributed by atoms with Crippen LogP contribution in [0.25, 0.3) is 11.0 Å². The van der Waals surface area contributed by atoms with Gasteiger partial charge in [-0.3, -0.25) is 19.3 Å². The van der Waals surface area contributed by atoms with Gasteiger partial charge in [-0.05, 0) is 69.9 Å². The third kappa shape index (κ3) is 6.00. The Hall–Kier alpha value is -2.78. The minimum Gasteiger partial charge on any atom is -0.480 e. The summed E-state index contributed by atoms with van der Waals surface area (Å²) in [6.45, 7) is -0.413. The molecule has 6 rings (SSSR count). The molecular weight excluding hydrogens is 532 g/mol. The third-order valence-corrected chi connectivity index (χ3v) is 10.2. The van der Waals surface area contributed by atoms with Crippen LogP contribution in [0.15, 0.2) is 29.1 Å². The highest BCUT2D eigenvalue weighted by Crippen LogP contribution is 2.43. The van der Waals surface area contributed by atoms with Crippen LogP contribution in [0, 0.1) is 0 Å². The molecule has 4 unspecified atom stereocenters. The average molecular weight is 581 g/mol. The lowest BCUT2D eigenvalue weighted by Crippen LogP contribution is -2.58. The van der Waals surface area contributed by atoms with Crippen molar-refractivity contribution in [3.05, 3.63) is 40.3 Å². The number of nitrogens with zero attached hydrogens (tertiary/aromatic N) is 4. The molecule has 0 spiro atoms. The van der Waals surface area contributed by atoms with Crippen LogP contribution < -0.4 is 5.56 Å². The summed E-state index contributed by atoms with van der Waals surface area (Å²) in [4.78, 5) is 47.8. The van der Waals surface area contributed by atoms with Crippen LogP contribution in [0.1, 0.15) is 115 Å². The summed E-state index contributed by atoms with van der Waals surface area (Å²) in [7, 11) is 1.85. The molecule has 1 aromatic carbocycles. The van der Waals surface area contributed by atoms with E-state index in [4.69, 9.17) is 9.72 Å². The lowest BCUT2D eigenvalue weighted by Gasteiger charge is -2.53. The van der Waals surface area contributed by atoms with Gasteiger partial charge in [0, 0.05) is 37.7 Å².